The average molecular weight is 480 g/mol. The molecule has 1 saturated heterocycles. The summed E-state index contributed by atoms with van der Waals surface area (Å²) in [6, 6.07) is 15.5. The third kappa shape index (κ3) is 10.9. The van der Waals surface area contributed by atoms with Crippen molar-refractivity contribution in [2.75, 3.05) is 13.2 Å². The van der Waals surface area contributed by atoms with Gasteiger partial charge in [0.15, 0.2) is 0 Å². The molecule has 0 atom stereocenters. The molecule has 0 saturated carbocycles. The van der Waals surface area contributed by atoms with Gasteiger partial charge in [-0.2, -0.15) is 0 Å². The Morgan fingerprint density at radius 2 is 1.54 bits per heavy atom. The van der Waals surface area contributed by atoms with Crippen LogP contribution in [-0.4, -0.2) is 24.5 Å². The van der Waals surface area contributed by atoms with Gasteiger partial charge < -0.3 is 9.84 Å². The summed E-state index contributed by atoms with van der Waals surface area (Å²) in [6.07, 6.45) is 4.26. The van der Waals surface area contributed by atoms with Gasteiger partial charge in [0, 0.05) is 25.0 Å². The SMILES string of the molecule is C1CCOC1.CC(C)(C)c1cccc(C=Nc2ccccc2)c1O.[Cl][Ti]([Cl])[Cl]. The number of rotatable bonds is 2. The van der Waals surface area contributed by atoms with Crippen LogP contribution < -0.4 is 0 Å². The molecule has 0 aliphatic carbocycles. The molecule has 0 spiro atoms. The van der Waals surface area contributed by atoms with Crippen molar-refractivity contribution in [2.45, 2.75) is 39.0 Å². The number of hydrogen-bond donors (Lipinski definition) is 1. The molecule has 0 aromatic heterocycles. The Labute approximate surface area is 186 Å². The van der Waals surface area contributed by atoms with E-state index in [9.17, 15) is 5.11 Å². The maximum atomic E-state index is 10.3. The molecular weight excluding hydrogens is 452 g/mol. The number of para-hydroxylation sites is 2. The summed E-state index contributed by atoms with van der Waals surface area (Å²) in [5.74, 6) is 0.315. The minimum atomic E-state index is -1.92. The van der Waals surface area contributed by atoms with Gasteiger partial charge in [-0.25, -0.2) is 0 Å². The van der Waals surface area contributed by atoms with Gasteiger partial charge in [-0.1, -0.05) is 51.1 Å². The van der Waals surface area contributed by atoms with Crippen molar-refractivity contribution in [2.24, 2.45) is 4.99 Å². The van der Waals surface area contributed by atoms with Crippen LogP contribution in [0.2, 0.25) is 0 Å². The zero-order valence-electron chi connectivity index (χ0n) is 16.5. The van der Waals surface area contributed by atoms with Crippen molar-refractivity contribution in [3.8, 4) is 5.75 Å². The molecule has 7 heteroatoms. The second-order valence-corrected chi connectivity index (χ2v) is 14.9. The van der Waals surface area contributed by atoms with Crippen LogP contribution in [0.25, 0.3) is 0 Å². The van der Waals surface area contributed by atoms with Crippen molar-refractivity contribution in [3.05, 3.63) is 59.7 Å². The standard InChI is InChI=1S/C17H19NO.C4H8O.3ClH.Ti/c1-17(2,3)15-11-7-8-13(16(15)19)12-18-14-9-5-4-6-10-14;1-2-4-5-3-1;;;;/h4-12,19H,1-3H3;1-4H2;3*1H;/q;;;;;+3/p-3. The van der Waals surface area contributed by atoms with Crippen LogP contribution in [0, 0.1) is 0 Å². The third-order valence-corrected chi connectivity index (χ3v) is 3.81. The van der Waals surface area contributed by atoms with Crippen molar-refractivity contribution in [1.82, 2.24) is 0 Å². The third-order valence-electron chi connectivity index (χ3n) is 3.81. The summed E-state index contributed by atoms with van der Waals surface area (Å²) in [5, 5.41) is 10.3. The minimum absolute atomic E-state index is 0.0827. The van der Waals surface area contributed by atoms with E-state index in [1.165, 1.54) is 12.8 Å². The molecule has 28 heavy (non-hydrogen) atoms. The second kappa shape index (κ2) is 13.6. The molecule has 1 fully saturated rings. The molecule has 1 aliphatic rings. The number of phenolic OH excluding ortho intramolecular Hbond substituents is 1. The van der Waals surface area contributed by atoms with Gasteiger partial charge in [0.1, 0.15) is 5.75 Å². The first-order chi connectivity index (χ1) is 13.2. The van der Waals surface area contributed by atoms with E-state index >= 15 is 0 Å². The Balaban J connectivity index is 0.000000359. The van der Waals surface area contributed by atoms with Gasteiger partial charge in [-0.15, -0.1) is 0 Å². The summed E-state index contributed by atoms with van der Waals surface area (Å²) in [5.41, 5.74) is 2.48. The summed E-state index contributed by atoms with van der Waals surface area (Å²) in [4.78, 5) is 4.38. The van der Waals surface area contributed by atoms with E-state index < -0.39 is 14.7 Å². The van der Waals surface area contributed by atoms with E-state index in [1.807, 2.05) is 48.5 Å². The number of hydrogen-bond acceptors (Lipinski definition) is 3. The molecule has 2 aromatic carbocycles. The molecule has 0 amide bonds. The zero-order chi connectivity index (χ0) is 21.0. The number of aromatic hydroxyl groups is 1. The number of nitrogens with zero attached hydrogens (tertiary/aromatic N) is 1. The van der Waals surface area contributed by atoms with E-state index in [2.05, 4.69) is 25.8 Å². The fourth-order valence-electron chi connectivity index (χ4n) is 2.44. The van der Waals surface area contributed by atoms with Crippen LogP contribution >= 0.6 is 27.9 Å². The van der Waals surface area contributed by atoms with E-state index in [-0.39, 0.29) is 5.41 Å². The monoisotopic (exact) mass is 478 g/mol. The van der Waals surface area contributed by atoms with Gasteiger partial charge in [0.05, 0.1) is 5.69 Å². The van der Waals surface area contributed by atoms with E-state index in [0.717, 1.165) is 30.0 Å². The first-order valence-electron chi connectivity index (χ1n) is 9.04. The predicted molar refractivity (Wildman–Crippen MR) is 118 cm³/mol. The summed E-state index contributed by atoms with van der Waals surface area (Å²) >= 11 is -1.92. The summed E-state index contributed by atoms with van der Waals surface area (Å²) in [7, 11) is 14.9. The fourth-order valence-corrected chi connectivity index (χ4v) is 2.44. The number of phenols is 1. The van der Waals surface area contributed by atoms with Crippen LogP contribution in [0.5, 0.6) is 5.75 Å². The average Bonchev–Trinajstić information content (AvgIpc) is 3.20. The first kappa shape index (κ1) is 25.5. The van der Waals surface area contributed by atoms with Crippen molar-refractivity contribution < 1.29 is 24.5 Å². The molecule has 1 N–H and O–H groups in total. The zero-order valence-corrected chi connectivity index (χ0v) is 20.3. The van der Waals surface area contributed by atoms with Gasteiger partial charge in [-0.05, 0) is 42.0 Å². The topological polar surface area (TPSA) is 41.8 Å². The van der Waals surface area contributed by atoms with E-state index in [4.69, 9.17) is 32.7 Å². The summed E-state index contributed by atoms with van der Waals surface area (Å²) in [6.45, 7) is 8.25. The van der Waals surface area contributed by atoms with Crippen LogP contribution in [0.3, 0.4) is 0 Å². The molecule has 2 aromatic rings. The molecule has 0 unspecified atom stereocenters. The second-order valence-electron chi connectivity index (χ2n) is 7.12. The first-order valence-corrected chi connectivity index (χ1v) is 15.5. The van der Waals surface area contributed by atoms with Crippen LogP contribution in [0.1, 0.15) is 44.7 Å². The van der Waals surface area contributed by atoms with Gasteiger partial charge in [0.2, 0.25) is 0 Å². The number of halogens is 3. The number of aliphatic imine (C=N–C) groups is 1. The molecule has 0 radical (unpaired) electrons. The normalized spacial score (nSPS) is 13.4. The predicted octanol–water partition coefficient (Wildman–Crippen LogP) is 7.30. The Kier molecular flexibility index (Phi) is 12.4. The van der Waals surface area contributed by atoms with Gasteiger partial charge >= 0.3 is 42.6 Å². The van der Waals surface area contributed by atoms with Crippen molar-refractivity contribution >= 4 is 39.8 Å². The molecule has 1 aliphatic heterocycles. The van der Waals surface area contributed by atoms with Gasteiger partial charge in [0.25, 0.3) is 0 Å². The van der Waals surface area contributed by atoms with Crippen molar-refractivity contribution in [3.63, 3.8) is 0 Å². The molecule has 153 valence electrons. The molecular formula is C21H27Cl3NO2Ti. The molecule has 0 bridgehead atoms. The van der Waals surface area contributed by atoms with Gasteiger partial charge in [-0.3, -0.25) is 4.99 Å². The van der Waals surface area contributed by atoms with Crippen LogP contribution in [0.4, 0.5) is 5.69 Å². The Morgan fingerprint density at radius 1 is 0.964 bits per heavy atom. The number of ether oxygens (including phenoxy) is 1. The fraction of sp³-hybridized carbons (Fsp3) is 0.381. The number of benzene rings is 2. The molecule has 3 nitrogen and oxygen atoms in total. The summed E-state index contributed by atoms with van der Waals surface area (Å²) < 4.78 is 4.94. The van der Waals surface area contributed by atoms with Crippen LogP contribution in [0.15, 0.2) is 53.5 Å². The van der Waals surface area contributed by atoms with Crippen molar-refractivity contribution in [1.29, 1.82) is 0 Å². The Hall–Kier alpha value is -0.546. The van der Waals surface area contributed by atoms with Crippen LogP contribution in [-0.2, 0) is 24.8 Å². The van der Waals surface area contributed by atoms with E-state index in [1.54, 1.807) is 6.21 Å². The van der Waals surface area contributed by atoms with E-state index in [0.29, 0.717) is 5.75 Å². The molecule has 3 rings (SSSR count). The Morgan fingerprint density at radius 3 is 2.00 bits per heavy atom. The quantitative estimate of drug-likeness (QED) is 0.363. The maximum absolute atomic E-state index is 10.3. The Bertz CT molecular complexity index is 705. The molecule has 1 heterocycles.